The van der Waals surface area contributed by atoms with Gasteiger partial charge in [-0.1, -0.05) is 0 Å². The first kappa shape index (κ1) is 19.7. The monoisotopic (exact) mass is 327 g/mol. The fourth-order valence-corrected chi connectivity index (χ4v) is 2.59. The molecule has 0 unspecified atom stereocenters. The molecule has 0 aromatic rings. The second-order valence-corrected chi connectivity index (χ2v) is 7.30. The van der Waals surface area contributed by atoms with Gasteiger partial charge in [-0.3, -0.25) is 4.79 Å². The predicted molar refractivity (Wildman–Crippen MR) is 91.3 cm³/mol. The summed E-state index contributed by atoms with van der Waals surface area (Å²) in [5.74, 6) is 0.665. The molecule has 0 aliphatic carbocycles. The summed E-state index contributed by atoms with van der Waals surface area (Å²) in [6.45, 7) is 11.5. The Labute approximate surface area is 140 Å². The summed E-state index contributed by atoms with van der Waals surface area (Å²) in [6.07, 6.45) is 3.93. The number of ether oxygens (including phenoxy) is 1. The van der Waals surface area contributed by atoms with Crippen molar-refractivity contribution in [2.75, 3.05) is 32.7 Å². The first-order chi connectivity index (χ1) is 10.8. The van der Waals surface area contributed by atoms with Gasteiger partial charge in [-0.05, 0) is 65.5 Å². The van der Waals surface area contributed by atoms with Crippen molar-refractivity contribution in [3.63, 3.8) is 0 Å². The molecule has 0 radical (unpaired) electrons. The van der Waals surface area contributed by atoms with Crippen LogP contribution in [0.3, 0.4) is 0 Å². The quantitative estimate of drug-likeness (QED) is 0.703. The second-order valence-electron chi connectivity index (χ2n) is 7.30. The Bertz CT molecular complexity index is 372. The van der Waals surface area contributed by atoms with Crippen molar-refractivity contribution < 1.29 is 14.3 Å². The summed E-state index contributed by atoms with van der Waals surface area (Å²) in [4.78, 5) is 24.5. The van der Waals surface area contributed by atoms with E-state index in [0.717, 1.165) is 58.4 Å². The zero-order valence-corrected chi connectivity index (χ0v) is 15.1. The van der Waals surface area contributed by atoms with Crippen LogP contribution in [0.4, 0.5) is 4.79 Å². The van der Waals surface area contributed by atoms with Crippen LogP contribution in [-0.2, 0) is 9.53 Å². The van der Waals surface area contributed by atoms with E-state index in [4.69, 9.17) is 4.74 Å². The van der Waals surface area contributed by atoms with Crippen LogP contribution in [0.1, 0.15) is 53.4 Å². The van der Waals surface area contributed by atoms with E-state index in [1.165, 1.54) is 0 Å². The smallest absolute Gasteiger partial charge is 0.410 e. The van der Waals surface area contributed by atoms with Gasteiger partial charge in [0.1, 0.15) is 5.60 Å². The average molecular weight is 327 g/mol. The van der Waals surface area contributed by atoms with Crippen molar-refractivity contribution in [1.82, 2.24) is 15.5 Å². The van der Waals surface area contributed by atoms with Gasteiger partial charge < -0.3 is 20.3 Å². The fourth-order valence-electron chi connectivity index (χ4n) is 2.59. The second kappa shape index (κ2) is 9.75. The fraction of sp³-hybridized carbons (Fsp3) is 0.882. The van der Waals surface area contributed by atoms with Crippen molar-refractivity contribution in [1.29, 1.82) is 0 Å². The summed E-state index contributed by atoms with van der Waals surface area (Å²) in [5.41, 5.74) is -0.424. The average Bonchev–Trinajstić information content (AvgIpc) is 2.44. The Hall–Kier alpha value is -1.30. The summed E-state index contributed by atoms with van der Waals surface area (Å²) in [7, 11) is 0. The molecule has 2 amide bonds. The molecule has 1 heterocycles. The summed E-state index contributed by atoms with van der Waals surface area (Å²) in [6, 6.07) is 0. The first-order valence-corrected chi connectivity index (χ1v) is 8.71. The standard InChI is InChI=1S/C17H33N3O3/c1-14(21)19-10-6-5-9-18-13-15-7-11-20(12-8-15)16(22)23-17(2,3)4/h15,18H,5-13H2,1-4H3,(H,19,21). The predicted octanol–water partition coefficient (Wildman–Crippen LogP) is 2.14. The van der Waals surface area contributed by atoms with Crippen molar-refractivity contribution in [3.8, 4) is 0 Å². The van der Waals surface area contributed by atoms with Crippen molar-refractivity contribution in [2.24, 2.45) is 5.92 Å². The highest BCUT2D eigenvalue weighted by Gasteiger charge is 2.26. The largest absolute Gasteiger partial charge is 0.444 e. The molecule has 6 heteroatoms. The lowest BCUT2D eigenvalue weighted by Gasteiger charge is -2.33. The van der Waals surface area contributed by atoms with E-state index in [0.29, 0.717) is 5.92 Å². The molecule has 0 saturated carbocycles. The molecule has 0 aromatic heterocycles. The Morgan fingerprint density at radius 3 is 2.30 bits per heavy atom. The maximum atomic E-state index is 12.0. The summed E-state index contributed by atoms with van der Waals surface area (Å²) in [5, 5.41) is 6.28. The third-order valence-electron chi connectivity index (χ3n) is 3.85. The van der Waals surface area contributed by atoms with Crippen LogP contribution in [0.25, 0.3) is 0 Å². The number of unbranched alkanes of at least 4 members (excludes halogenated alkanes) is 1. The number of hydrogen-bond acceptors (Lipinski definition) is 4. The molecule has 1 rings (SSSR count). The Morgan fingerprint density at radius 2 is 1.74 bits per heavy atom. The van der Waals surface area contributed by atoms with E-state index < -0.39 is 5.60 Å². The Morgan fingerprint density at radius 1 is 1.13 bits per heavy atom. The number of carbonyl (C=O) groups is 2. The molecule has 1 saturated heterocycles. The molecular weight excluding hydrogens is 294 g/mol. The van der Waals surface area contributed by atoms with Crippen molar-refractivity contribution in [3.05, 3.63) is 0 Å². The zero-order chi connectivity index (χ0) is 17.3. The van der Waals surface area contributed by atoms with Gasteiger partial charge in [0.15, 0.2) is 0 Å². The maximum Gasteiger partial charge on any atom is 0.410 e. The molecule has 23 heavy (non-hydrogen) atoms. The number of hydrogen-bond donors (Lipinski definition) is 2. The molecule has 0 spiro atoms. The molecular formula is C17H33N3O3. The van der Waals surface area contributed by atoms with Crippen LogP contribution in [0, 0.1) is 5.92 Å². The topological polar surface area (TPSA) is 70.7 Å². The lowest BCUT2D eigenvalue weighted by atomic mass is 9.97. The number of nitrogens with zero attached hydrogens (tertiary/aromatic N) is 1. The molecule has 1 aliphatic heterocycles. The van der Waals surface area contributed by atoms with Gasteiger partial charge in [0.2, 0.25) is 5.91 Å². The van der Waals surface area contributed by atoms with E-state index in [1.54, 1.807) is 6.92 Å². The number of likely N-dealkylation sites (tertiary alicyclic amines) is 1. The molecule has 0 aromatic carbocycles. The lowest BCUT2D eigenvalue weighted by molar-refractivity contribution is -0.118. The number of nitrogens with one attached hydrogen (secondary N) is 2. The van der Waals surface area contributed by atoms with Gasteiger partial charge in [0.05, 0.1) is 0 Å². The van der Waals surface area contributed by atoms with Gasteiger partial charge >= 0.3 is 6.09 Å². The van der Waals surface area contributed by atoms with E-state index in [-0.39, 0.29) is 12.0 Å². The lowest BCUT2D eigenvalue weighted by Crippen LogP contribution is -2.43. The van der Waals surface area contributed by atoms with E-state index >= 15 is 0 Å². The molecule has 6 nitrogen and oxygen atoms in total. The van der Waals surface area contributed by atoms with Gasteiger partial charge in [0.25, 0.3) is 0 Å². The van der Waals surface area contributed by atoms with Crippen molar-refractivity contribution in [2.45, 2.75) is 59.0 Å². The third-order valence-corrected chi connectivity index (χ3v) is 3.85. The Kier molecular flexibility index (Phi) is 8.37. The zero-order valence-electron chi connectivity index (χ0n) is 15.1. The normalized spacial score (nSPS) is 16.3. The molecule has 0 atom stereocenters. The van der Waals surface area contributed by atoms with Crippen LogP contribution in [-0.4, -0.2) is 55.2 Å². The van der Waals surface area contributed by atoms with Crippen molar-refractivity contribution >= 4 is 12.0 Å². The van der Waals surface area contributed by atoms with Crippen LogP contribution in [0.15, 0.2) is 0 Å². The number of piperidine rings is 1. The first-order valence-electron chi connectivity index (χ1n) is 8.71. The molecule has 134 valence electrons. The highest BCUT2D eigenvalue weighted by molar-refractivity contribution is 5.72. The van der Waals surface area contributed by atoms with Gasteiger partial charge in [0, 0.05) is 26.6 Å². The van der Waals surface area contributed by atoms with Crippen LogP contribution < -0.4 is 10.6 Å². The number of rotatable bonds is 7. The SMILES string of the molecule is CC(=O)NCCCCNCC1CCN(C(=O)OC(C)(C)C)CC1. The minimum Gasteiger partial charge on any atom is -0.444 e. The van der Waals surface area contributed by atoms with Crippen LogP contribution >= 0.6 is 0 Å². The van der Waals surface area contributed by atoms with Gasteiger partial charge in [-0.25, -0.2) is 4.79 Å². The molecule has 1 fully saturated rings. The van der Waals surface area contributed by atoms with E-state index in [9.17, 15) is 9.59 Å². The highest BCUT2D eigenvalue weighted by Crippen LogP contribution is 2.19. The third kappa shape index (κ3) is 9.43. The number of amides is 2. The molecule has 2 N–H and O–H groups in total. The van der Waals surface area contributed by atoms with Gasteiger partial charge in [-0.15, -0.1) is 0 Å². The Balaban J connectivity index is 2.06. The minimum atomic E-state index is -0.424. The summed E-state index contributed by atoms with van der Waals surface area (Å²) >= 11 is 0. The van der Waals surface area contributed by atoms with Gasteiger partial charge in [-0.2, -0.15) is 0 Å². The van der Waals surface area contributed by atoms with E-state index in [1.807, 2.05) is 25.7 Å². The molecule has 1 aliphatic rings. The molecule has 0 bridgehead atoms. The number of carbonyl (C=O) groups excluding carboxylic acids is 2. The summed E-state index contributed by atoms with van der Waals surface area (Å²) < 4.78 is 5.41. The van der Waals surface area contributed by atoms with Crippen LogP contribution in [0.2, 0.25) is 0 Å². The maximum absolute atomic E-state index is 12.0. The minimum absolute atomic E-state index is 0.0368. The van der Waals surface area contributed by atoms with E-state index in [2.05, 4.69) is 10.6 Å². The van der Waals surface area contributed by atoms with Crippen LogP contribution in [0.5, 0.6) is 0 Å². The highest BCUT2D eigenvalue weighted by atomic mass is 16.6.